The molecule has 2 amide bonds. The Labute approximate surface area is 173 Å². The zero-order valence-electron chi connectivity index (χ0n) is 17.4. The van der Waals surface area contributed by atoms with Crippen molar-refractivity contribution in [3.8, 4) is 0 Å². The quantitative estimate of drug-likeness (QED) is 0.670. The Balaban J connectivity index is 1.55. The van der Waals surface area contributed by atoms with Gasteiger partial charge in [0.1, 0.15) is 0 Å². The molecule has 0 spiro atoms. The monoisotopic (exact) mass is 393 g/mol. The molecule has 5 heteroatoms. The summed E-state index contributed by atoms with van der Waals surface area (Å²) >= 11 is 0. The first-order chi connectivity index (χ1) is 14.1. The van der Waals surface area contributed by atoms with E-state index in [9.17, 15) is 9.59 Å². The van der Waals surface area contributed by atoms with E-state index in [0.717, 1.165) is 37.5 Å². The minimum Gasteiger partial charge on any atom is -0.372 e. The van der Waals surface area contributed by atoms with Crippen LogP contribution in [0.15, 0.2) is 48.5 Å². The fraction of sp³-hybridized carbons (Fsp3) is 0.417. The third-order valence-corrected chi connectivity index (χ3v) is 5.50. The lowest BCUT2D eigenvalue weighted by molar-refractivity contribution is 0.0951. The van der Waals surface area contributed by atoms with Gasteiger partial charge in [0.15, 0.2) is 0 Å². The number of amides is 2. The topological polar surface area (TPSA) is 61.4 Å². The molecule has 0 bridgehead atoms. The first kappa shape index (κ1) is 20.9. The lowest BCUT2D eigenvalue weighted by atomic mass is 9.99. The van der Waals surface area contributed by atoms with Crippen LogP contribution in [0.25, 0.3) is 0 Å². The maximum Gasteiger partial charge on any atom is 0.255 e. The lowest BCUT2D eigenvalue weighted by Gasteiger charge is -2.32. The molecular formula is C24H31N3O2. The van der Waals surface area contributed by atoms with Gasteiger partial charge in [0, 0.05) is 42.1 Å². The van der Waals surface area contributed by atoms with Gasteiger partial charge in [-0.15, -0.1) is 0 Å². The number of piperidine rings is 1. The molecule has 0 radical (unpaired) electrons. The highest BCUT2D eigenvalue weighted by Crippen LogP contribution is 2.24. The lowest BCUT2D eigenvalue weighted by Crippen LogP contribution is -2.32. The Morgan fingerprint density at radius 3 is 2.10 bits per heavy atom. The molecule has 154 valence electrons. The summed E-state index contributed by atoms with van der Waals surface area (Å²) in [6, 6.07) is 14.8. The summed E-state index contributed by atoms with van der Waals surface area (Å²) in [4.78, 5) is 27.0. The van der Waals surface area contributed by atoms with Crippen LogP contribution < -0.4 is 15.5 Å². The van der Waals surface area contributed by atoms with Gasteiger partial charge in [-0.2, -0.15) is 0 Å². The van der Waals surface area contributed by atoms with E-state index in [-0.39, 0.29) is 11.8 Å². The molecule has 5 nitrogen and oxygen atoms in total. The SMILES string of the molecule is CCCCNC(=O)c1ccc(C(=O)Nc2ccc(N3CCC(C)CC3)cc2)cc1. The molecule has 1 saturated heterocycles. The van der Waals surface area contributed by atoms with E-state index < -0.39 is 0 Å². The number of hydrogen-bond acceptors (Lipinski definition) is 3. The second-order valence-corrected chi connectivity index (χ2v) is 7.86. The van der Waals surface area contributed by atoms with Crippen molar-refractivity contribution in [3.05, 3.63) is 59.7 Å². The number of hydrogen-bond donors (Lipinski definition) is 2. The summed E-state index contributed by atoms with van der Waals surface area (Å²) in [5.41, 5.74) is 3.07. The summed E-state index contributed by atoms with van der Waals surface area (Å²) < 4.78 is 0. The van der Waals surface area contributed by atoms with Gasteiger partial charge in [-0.25, -0.2) is 0 Å². The Hall–Kier alpha value is -2.82. The minimum atomic E-state index is -0.178. The second-order valence-electron chi connectivity index (χ2n) is 7.86. The van der Waals surface area contributed by atoms with Crippen LogP contribution in [-0.4, -0.2) is 31.4 Å². The molecule has 0 atom stereocenters. The van der Waals surface area contributed by atoms with E-state index in [1.807, 2.05) is 12.1 Å². The molecule has 3 rings (SSSR count). The fourth-order valence-electron chi connectivity index (χ4n) is 3.48. The number of carbonyl (C=O) groups excluding carboxylic acids is 2. The molecule has 1 aliphatic rings. The van der Waals surface area contributed by atoms with Crippen molar-refractivity contribution < 1.29 is 9.59 Å². The van der Waals surface area contributed by atoms with Crippen molar-refractivity contribution >= 4 is 23.2 Å². The van der Waals surface area contributed by atoms with Crippen molar-refractivity contribution in [2.45, 2.75) is 39.5 Å². The molecule has 0 saturated carbocycles. The summed E-state index contributed by atoms with van der Waals surface area (Å²) in [5, 5.41) is 5.81. The predicted molar refractivity (Wildman–Crippen MR) is 119 cm³/mol. The van der Waals surface area contributed by atoms with Gasteiger partial charge in [0.25, 0.3) is 11.8 Å². The highest BCUT2D eigenvalue weighted by Gasteiger charge is 2.16. The molecule has 29 heavy (non-hydrogen) atoms. The first-order valence-corrected chi connectivity index (χ1v) is 10.6. The Bertz CT molecular complexity index is 807. The molecule has 2 aromatic rings. The predicted octanol–water partition coefficient (Wildman–Crippen LogP) is 4.71. The van der Waals surface area contributed by atoms with Gasteiger partial charge in [-0.3, -0.25) is 9.59 Å². The molecule has 2 N–H and O–H groups in total. The first-order valence-electron chi connectivity index (χ1n) is 10.6. The number of benzene rings is 2. The smallest absolute Gasteiger partial charge is 0.255 e. The number of rotatable bonds is 7. The van der Waals surface area contributed by atoms with Crippen LogP contribution in [0.3, 0.4) is 0 Å². The number of nitrogens with zero attached hydrogens (tertiary/aromatic N) is 1. The van der Waals surface area contributed by atoms with Crippen LogP contribution in [0, 0.1) is 5.92 Å². The van der Waals surface area contributed by atoms with Gasteiger partial charge in [0.05, 0.1) is 0 Å². The van der Waals surface area contributed by atoms with E-state index in [1.54, 1.807) is 24.3 Å². The van der Waals surface area contributed by atoms with Crippen LogP contribution in [0.4, 0.5) is 11.4 Å². The number of anilines is 2. The highest BCUT2D eigenvalue weighted by molar-refractivity contribution is 6.05. The summed E-state index contributed by atoms with van der Waals surface area (Å²) in [6.07, 6.45) is 4.45. The van der Waals surface area contributed by atoms with Crippen LogP contribution in [-0.2, 0) is 0 Å². The van der Waals surface area contributed by atoms with E-state index in [4.69, 9.17) is 0 Å². The molecule has 1 fully saturated rings. The van der Waals surface area contributed by atoms with Gasteiger partial charge < -0.3 is 15.5 Å². The minimum absolute atomic E-state index is 0.104. The summed E-state index contributed by atoms with van der Waals surface area (Å²) in [7, 11) is 0. The van der Waals surface area contributed by atoms with Crippen molar-refractivity contribution in [2.75, 3.05) is 29.9 Å². The molecule has 0 aliphatic carbocycles. The maximum absolute atomic E-state index is 12.5. The van der Waals surface area contributed by atoms with Crippen molar-refractivity contribution in [2.24, 2.45) is 5.92 Å². The second kappa shape index (κ2) is 10.1. The van der Waals surface area contributed by atoms with Crippen LogP contribution >= 0.6 is 0 Å². The van der Waals surface area contributed by atoms with Crippen molar-refractivity contribution in [1.29, 1.82) is 0 Å². The van der Waals surface area contributed by atoms with E-state index in [2.05, 4.69) is 41.5 Å². The average molecular weight is 394 g/mol. The van der Waals surface area contributed by atoms with Crippen LogP contribution in [0.5, 0.6) is 0 Å². The number of carbonyl (C=O) groups is 2. The maximum atomic E-state index is 12.5. The van der Waals surface area contributed by atoms with Gasteiger partial charge in [-0.1, -0.05) is 20.3 Å². The number of nitrogens with one attached hydrogen (secondary N) is 2. The van der Waals surface area contributed by atoms with Gasteiger partial charge in [-0.05, 0) is 73.7 Å². The molecule has 0 aromatic heterocycles. The van der Waals surface area contributed by atoms with Crippen molar-refractivity contribution in [3.63, 3.8) is 0 Å². The number of unbranched alkanes of at least 4 members (excludes halogenated alkanes) is 1. The zero-order chi connectivity index (χ0) is 20.6. The molecule has 1 heterocycles. The summed E-state index contributed by atoms with van der Waals surface area (Å²) in [6.45, 7) is 7.24. The van der Waals surface area contributed by atoms with Gasteiger partial charge in [0.2, 0.25) is 0 Å². The van der Waals surface area contributed by atoms with E-state index >= 15 is 0 Å². The molecule has 2 aromatic carbocycles. The van der Waals surface area contributed by atoms with Crippen LogP contribution in [0.2, 0.25) is 0 Å². The Morgan fingerprint density at radius 2 is 1.52 bits per heavy atom. The summed E-state index contributed by atoms with van der Waals surface area (Å²) in [5.74, 6) is 0.522. The normalized spacial score (nSPS) is 14.5. The Kier molecular flexibility index (Phi) is 7.28. The van der Waals surface area contributed by atoms with E-state index in [1.165, 1.54) is 18.5 Å². The fourth-order valence-corrected chi connectivity index (χ4v) is 3.48. The third-order valence-electron chi connectivity index (χ3n) is 5.50. The van der Waals surface area contributed by atoms with Crippen molar-refractivity contribution in [1.82, 2.24) is 5.32 Å². The standard InChI is InChI=1S/C24H31N3O2/c1-3-4-15-25-23(28)19-5-7-20(8-6-19)24(29)26-21-9-11-22(12-10-21)27-16-13-18(2)14-17-27/h5-12,18H,3-4,13-17H2,1-2H3,(H,25,28)(H,26,29). The molecule has 0 unspecified atom stereocenters. The van der Waals surface area contributed by atoms with E-state index in [0.29, 0.717) is 17.7 Å². The zero-order valence-corrected chi connectivity index (χ0v) is 17.4. The average Bonchev–Trinajstić information content (AvgIpc) is 2.75. The van der Waals surface area contributed by atoms with Crippen LogP contribution in [0.1, 0.15) is 60.2 Å². The highest BCUT2D eigenvalue weighted by atomic mass is 16.2. The molecular weight excluding hydrogens is 362 g/mol. The molecule has 1 aliphatic heterocycles. The Morgan fingerprint density at radius 1 is 0.931 bits per heavy atom. The largest absolute Gasteiger partial charge is 0.372 e. The van der Waals surface area contributed by atoms with Gasteiger partial charge >= 0.3 is 0 Å². The third kappa shape index (κ3) is 5.83.